The predicted octanol–water partition coefficient (Wildman–Crippen LogP) is 3.33. The summed E-state index contributed by atoms with van der Waals surface area (Å²) in [6.45, 7) is 6.82. The molecule has 0 aromatic heterocycles. The van der Waals surface area contributed by atoms with Crippen molar-refractivity contribution in [3.8, 4) is 0 Å². The van der Waals surface area contributed by atoms with Crippen molar-refractivity contribution >= 4 is 34.8 Å². The minimum absolute atomic E-state index is 0.409. The monoisotopic (exact) mass is 447 g/mol. The van der Waals surface area contributed by atoms with Crippen molar-refractivity contribution in [3.63, 3.8) is 0 Å². The molecule has 0 aliphatic heterocycles. The summed E-state index contributed by atoms with van der Waals surface area (Å²) in [6, 6.07) is 8.29. The fourth-order valence-corrected chi connectivity index (χ4v) is 3.33. The van der Waals surface area contributed by atoms with Crippen LogP contribution in [0.1, 0.15) is 64.9 Å². The number of rotatable bonds is 15. The summed E-state index contributed by atoms with van der Waals surface area (Å²) in [5.41, 5.74) is 0.969. The van der Waals surface area contributed by atoms with Gasteiger partial charge in [0.05, 0.1) is 5.92 Å². The molecule has 7 heteroatoms. The Hall–Kier alpha value is -2.28. The van der Waals surface area contributed by atoms with Gasteiger partial charge in [0.25, 0.3) is 11.8 Å². The third-order valence-electron chi connectivity index (χ3n) is 5.06. The summed E-state index contributed by atoms with van der Waals surface area (Å²) in [4.78, 5) is 38.9. The van der Waals surface area contributed by atoms with E-state index in [2.05, 4.69) is 29.8 Å². The van der Waals surface area contributed by atoms with Crippen LogP contribution in [-0.2, 0) is 20.8 Å². The average Bonchev–Trinajstić information content (AvgIpc) is 2.76. The largest absolute Gasteiger partial charge is 0.354 e. The molecule has 0 radical (unpaired) electrons. The number of unbranched alkanes of at least 4 members (excludes halogenated alkanes) is 4. The van der Waals surface area contributed by atoms with Crippen molar-refractivity contribution in [3.05, 3.63) is 35.9 Å². The van der Waals surface area contributed by atoms with Gasteiger partial charge in [0.2, 0.25) is 5.91 Å². The van der Waals surface area contributed by atoms with Gasteiger partial charge in [-0.3, -0.25) is 14.4 Å². The molecule has 0 aliphatic rings. The summed E-state index contributed by atoms with van der Waals surface area (Å²) in [7, 11) is 0. The standard InChI is InChI=1S/C24H37N3O3S/c1-4-6-11-15-25-23(29)21(24(30)26-16-12-7-5-2)27-22(28)20(18(3)31)17-19-13-9-8-10-14-19/h8-10,13-14,20-21H,4-7,11-12,15-17H2,1-3H3,(H,25,29)(H,26,30)(H,27,28)/t20-/m1/s1. The first-order valence-electron chi connectivity index (χ1n) is 11.3. The average molecular weight is 448 g/mol. The maximum Gasteiger partial charge on any atom is 0.252 e. The summed E-state index contributed by atoms with van der Waals surface area (Å²) in [5.74, 6) is -1.98. The van der Waals surface area contributed by atoms with Gasteiger partial charge in [-0.1, -0.05) is 82.1 Å². The Kier molecular flexibility index (Phi) is 13.4. The van der Waals surface area contributed by atoms with Crippen LogP contribution in [0.4, 0.5) is 0 Å². The van der Waals surface area contributed by atoms with Crippen LogP contribution in [0.3, 0.4) is 0 Å². The highest BCUT2D eigenvalue weighted by Crippen LogP contribution is 2.12. The fraction of sp³-hybridized carbons (Fsp3) is 0.583. The summed E-state index contributed by atoms with van der Waals surface area (Å²) in [6.07, 6.45) is 6.12. The Morgan fingerprint density at radius 3 is 1.81 bits per heavy atom. The molecule has 172 valence electrons. The van der Waals surface area contributed by atoms with Crippen molar-refractivity contribution in [1.82, 2.24) is 16.0 Å². The van der Waals surface area contributed by atoms with Gasteiger partial charge in [-0.15, -0.1) is 0 Å². The minimum Gasteiger partial charge on any atom is -0.354 e. The lowest BCUT2D eigenvalue weighted by molar-refractivity contribution is -0.137. The van der Waals surface area contributed by atoms with E-state index in [9.17, 15) is 14.4 Å². The molecule has 0 heterocycles. The lowest BCUT2D eigenvalue weighted by Crippen LogP contribution is -2.57. The Labute approximate surface area is 191 Å². The number of carbonyl (C=O) groups is 3. The van der Waals surface area contributed by atoms with E-state index < -0.39 is 29.7 Å². The number of hydrogen-bond donors (Lipinski definition) is 3. The highest BCUT2D eigenvalue weighted by Gasteiger charge is 2.31. The third kappa shape index (κ3) is 10.5. The molecule has 0 bridgehead atoms. The van der Waals surface area contributed by atoms with Crippen molar-refractivity contribution < 1.29 is 14.4 Å². The van der Waals surface area contributed by atoms with E-state index in [-0.39, 0.29) is 0 Å². The molecule has 0 fully saturated rings. The van der Waals surface area contributed by atoms with E-state index in [1.807, 2.05) is 30.3 Å². The van der Waals surface area contributed by atoms with Gasteiger partial charge in [-0.25, -0.2) is 0 Å². The molecule has 3 N–H and O–H groups in total. The minimum atomic E-state index is -1.27. The SMILES string of the molecule is CCCCCNC(=O)C(NC(=O)[C@H](Cc1ccccc1)C(C)=S)C(=O)NCCCCC. The molecule has 0 saturated carbocycles. The molecule has 0 spiro atoms. The molecule has 1 atom stereocenters. The molecule has 1 rings (SSSR count). The van der Waals surface area contributed by atoms with Crippen LogP contribution < -0.4 is 16.0 Å². The van der Waals surface area contributed by atoms with Gasteiger partial charge in [-0.05, 0) is 31.7 Å². The fourth-order valence-electron chi connectivity index (χ4n) is 3.14. The van der Waals surface area contributed by atoms with Crippen LogP contribution in [0, 0.1) is 5.92 Å². The number of amides is 3. The second-order valence-corrected chi connectivity index (χ2v) is 8.43. The lowest BCUT2D eigenvalue weighted by Gasteiger charge is -2.22. The lowest BCUT2D eigenvalue weighted by atomic mass is 9.95. The molecule has 6 nitrogen and oxygen atoms in total. The van der Waals surface area contributed by atoms with Gasteiger partial charge >= 0.3 is 0 Å². The zero-order chi connectivity index (χ0) is 23.1. The van der Waals surface area contributed by atoms with Crippen LogP contribution in [0.25, 0.3) is 0 Å². The normalized spacial score (nSPS) is 11.6. The number of carbonyl (C=O) groups excluding carboxylic acids is 3. The molecule has 3 amide bonds. The molecular formula is C24H37N3O3S. The van der Waals surface area contributed by atoms with Crippen LogP contribution in [0.5, 0.6) is 0 Å². The highest BCUT2D eigenvalue weighted by atomic mass is 32.1. The zero-order valence-corrected chi connectivity index (χ0v) is 19.9. The van der Waals surface area contributed by atoms with Gasteiger partial charge in [0.1, 0.15) is 0 Å². The molecule has 0 saturated heterocycles. The summed E-state index contributed by atoms with van der Waals surface area (Å²) < 4.78 is 0. The maximum absolute atomic E-state index is 13.0. The van der Waals surface area contributed by atoms with E-state index in [1.165, 1.54) is 0 Å². The van der Waals surface area contributed by atoms with Gasteiger partial charge in [0.15, 0.2) is 6.04 Å². The quantitative estimate of drug-likeness (QED) is 0.219. The van der Waals surface area contributed by atoms with Crippen molar-refractivity contribution in [2.24, 2.45) is 5.92 Å². The van der Waals surface area contributed by atoms with Crippen LogP contribution in [0.2, 0.25) is 0 Å². The third-order valence-corrected chi connectivity index (χ3v) is 5.34. The Morgan fingerprint density at radius 1 is 0.839 bits per heavy atom. The number of benzene rings is 1. The Balaban J connectivity index is 2.85. The van der Waals surface area contributed by atoms with E-state index in [0.717, 1.165) is 44.1 Å². The molecule has 1 aromatic rings. The number of thiocarbonyl (C=S) groups is 1. The van der Waals surface area contributed by atoms with Crippen molar-refractivity contribution in [1.29, 1.82) is 0 Å². The van der Waals surface area contributed by atoms with E-state index in [4.69, 9.17) is 12.2 Å². The van der Waals surface area contributed by atoms with Crippen molar-refractivity contribution in [2.75, 3.05) is 13.1 Å². The van der Waals surface area contributed by atoms with Crippen molar-refractivity contribution in [2.45, 2.75) is 71.8 Å². The molecule has 0 unspecified atom stereocenters. The molecular weight excluding hydrogens is 410 g/mol. The van der Waals surface area contributed by atoms with E-state index >= 15 is 0 Å². The van der Waals surface area contributed by atoms with Gasteiger partial charge < -0.3 is 16.0 Å². The van der Waals surface area contributed by atoms with Gasteiger partial charge in [-0.2, -0.15) is 0 Å². The smallest absolute Gasteiger partial charge is 0.252 e. The second kappa shape index (κ2) is 15.5. The summed E-state index contributed by atoms with van der Waals surface area (Å²) >= 11 is 5.31. The first kappa shape index (κ1) is 26.8. The topological polar surface area (TPSA) is 87.3 Å². The van der Waals surface area contributed by atoms with E-state index in [0.29, 0.717) is 24.4 Å². The Morgan fingerprint density at radius 2 is 1.35 bits per heavy atom. The second-order valence-electron chi connectivity index (χ2n) is 7.79. The van der Waals surface area contributed by atoms with Gasteiger partial charge in [0, 0.05) is 18.0 Å². The summed E-state index contributed by atoms with van der Waals surface area (Å²) in [5, 5.41) is 8.20. The maximum atomic E-state index is 13.0. The number of hydrogen-bond acceptors (Lipinski definition) is 4. The molecule has 31 heavy (non-hydrogen) atoms. The highest BCUT2D eigenvalue weighted by molar-refractivity contribution is 7.80. The van der Waals surface area contributed by atoms with Crippen LogP contribution in [-0.4, -0.2) is 41.7 Å². The predicted molar refractivity (Wildman–Crippen MR) is 129 cm³/mol. The van der Waals surface area contributed by atoms with Crippen LogP contribution >= 0.6 is 12.2 Å². The zero-order valence-electron chi connectivity index (χ0n) is 19.0. The Bertz CT molecular complexity index is 685. The number of nitrogens with one attached hydrogen (secondary N) is 3. The molecule has 0 aliphatic carbocycles. The van der Waals surface area contributed by atoms with E-state index in [1.54, 1.807) is 6.92 Å². The molecule has 1 aromatic carbocycles. The van der Waals surface area contributed by atoms with Crippen LogP contribution in [0.15, 0.2) is 30.3 Å². The first-order valence-corrected chi connectivity index (χ1v) is 11.7. The first-order chi connectivity index (χ1) is 14.9.